The van der Waals surface area contributed by atoms with E-state index in [2.05, 4.69) is 30.7 Å². The molecule has 0 aliphatic carbocycles. The monoisotopic (exact) mass is 360 g/mol. The molecule has 1 amide bonds. The lowest BCUT2D eigenvalue weighted by Gasteiger charge is -2.28. The maximum atomic E-state index is 12.2. The van der Waals surface area contributed by atoms with Gasteiger partial charge < -0.3 is 24.8 Å². The highest BCUT2D eigenvalue weighted by Crippen LogP contribution is 2.16. The van der Waals surface area contributed by atoms with Crippen molar-refractivity contribution in [3.63, 3.8) is 0 Å². The van der Waals surface area contributed by atoms with E-state index < -0.39 is 0 Å². The Kier molecular flexibility index (Phi) is 5.67. The third-order valence-corrected chi connectivity index (χ3v) is 4.13. The van der Waals surface area contributed by atoms with Gasteiger partial charge in [-0.2, -0.15) is 4.98 Å². The number of aromatic nitrogens is 3. The smallest absolute Gasteiger partial charge is 0.256 e. The van der Waals surface area contributed by atoms with Gasteiger partial charge in [0.05, 0.1) is 18.9 Å². The number of hydrogen-bond acceptors (Lipinski definition) is 8. The Hall–Kier alpha value is -2.68. The van der Waals surface area contributed by atoms with E-state index in [1.165, 1.54) is 0 Å². The Labute approximate surface area is 152 Å². The van der Waals surface area contributed by atoms with Gasteiger partial charge in [0, 0.05) is 37.9 Å². The zero-order chi connectivity index (χ0) is 18.5. The van der Waals surface area contributed by atoms with Gasteiger partial charge in [0.1, 0.15) is 17.1 Å². The Bertz CT molecular complexity index is 750. The van der Waals surface area contributed by atoms with Gasteiger partial charge in [-0.3, -0.25) is 4.79 Å². The molecule has 26 heavy (non-hydrogen) atoms. The molecule has 1 aliphatic rings. The van der Waals surface area contributed by atoms with Gasteiger partial charge in [-0.1, -0.05) is 5.16 Å². The van der Waals surface area contributed by atoms with E-state index in [0.717, 1.165) is 24.6 Å². The van der Waals surface area contributed by atoms with Crippen LogP contribution in [0.15, 0.2) is 10.6 Å². The molecule has 9 nitrogen and oxygen atoms in total. The Morgan fingerprint density at radius 3 is 2.65 bits per heavy atom. The molecule has 1 fully saturated rings. The normalized spacial score (nSPS) is 14.3. The minimum atomic E-state index is -0.192. The summed E-state index contributed by atoms with van der Waals surface area (Å²) in [5.74, 6) is 1.77. The molecule has 0 radical (unpaired) electrons. The molecular weight excluding hydrogens is 336 g/mol. The number of carbonyl (C=O) groups excluding carboxylic acids is 1. The van der Waals surface area contributed by atoms with Crippen LogP contribution >= 0.6 is 0 Å². The number of carbonyl (C=O) groups is 1. The fourth-order valence-corrected chi connectivity index (χ4v) is 2.83. The molecule has 0 unspecified atom stereocenters. The van der Waals surface area contributed by atoms with E-state index in [1.54, 1.807) is 13.8 Å². The van der Waals surface area contributed by atoms with E-state index >= 15 is 0 Å². The third-order valence-electron chi connectivity index (χ3n) is 4.13. The number of hydrogen-bond donors (Lipinski definition) is 2. The summed E-state index contributed by atoms with van der Waals surface area (Å²) in [7, 11) is 0. The molecule has 1 saturated heterocycles. The number of anilines is 2. The maximum Gasteiger partial charge on any atom is 0.256 e. The summed E-state index contributed by atoms with van der Waals surface area (Å²) >= 11 is 0. The van der Waals surface area contributed by atoms with Crippen LogP contribution in [0.25, 0.3) is 0 Å². The van der Waals surface area contributed by atoms with E-state index in [9.17, 15) is 4.79 Å². The van der Waals surface area contributed by atoms with Gasteiger partial charge in [-0.05, 0) is 20.8 Å². The predicted molar refractivity (Wildman–Crippen MR) is 96.6 cm³/mol. The largest absolute Gasteiger partial charge is 0.378 e. The fraction of sp³-hybridized carbons (Fsp3) is 0.529. The van der Waals surface area contributed by atoms with Crippen LogP contribution in [0.5, 0.6) is 0 Å². The molecule has 2 aromatic rings. The zero-order valence-corrected chi connectivity index (χ0v) is 15.3. The molecule has 9 heteroatoms. The number of ether oxygens (including phenoxy) is 1. The van der Waals surface area contributed by atoms with Crippen molar-refractivity contribution in [2.45, 2.75) is 20.8 Å². The van der Waals surface area contributed by atoms with E-state index in [0.29, 0.717) is 49.3 Å². The minimum absolute atomic E-state index is 0.192. The molecule has 0 bridgehead atoms. The average molecular weight is 360 g/mol. The second kappa shape index (κ2) is 8.13. The van der Waals surface area contributed by atoms with Crippen LogP contribution in [0.2, 0.25) is 0 Å². The molecular formula is C17H24N6O3. The highest BCUT2D eigenvalue weighted by molar-refractivity contribution is 5.96. The quantitative estimate of drug-likeness (QED) is 0.737. The van der Waals surface area contributed by atoms with Crippen molar-refractivity contribution in [2.75, 3.05) is 49.6 Å². The summed E-state index contributed by atoms with van der Waals surface area (Å²) < 4.78 is 10.4. The van der Waals surface area contributed by atoms with Crippen molar-refractivity contribution in [1.29, 1.82) is 0 Å². The molecule has 3 heterocycles. The number of amides is 1. The summed E-state index contributed by atoms with van der Waals surface area (Å²) in [5.41, 5.74) is 1.97. The van der Waals surface area contributed by atoms with Crippen LogP contribution in [0.3, 0.4) is 0 Å². The lowest BCUT2D eigenvalue weighted by Crippen LogP contribution is -2.37. The lowest BCUT2D eigenvalue weighted by molar-refractivity contribution is 0.0953. The second-order valence-corrected chi connectivity index (χ2v) is 6.17. The minimum Gasteiger partial charge on any atom is -0.378 e. The highest BCUT2D eigenvalue weighted by Gasteiger charge is 2.17. The topological polar surface area (TPSA) is 105 Å². The summed E-state index contributed by atoms with van der Waals surface area (Å²) in [5, 5.41) is 9.80. The van der Waals surface area contributed by atoms with Crippen molar-refractivity contribution in [1.82, 2.24) is 20.4 Å². The molecule has 2 aromatic heterocycles. The van der Waals surface area contributed by atoms with Crippen molar-refractivity contribution in [3.8, 4) is 0 Å². The fourth-order valence-electron chi connectivity index (χ4n) is 2.83. The first kappa shape index (κ1) is 18.1. The van der Waals surface area contributed by atoms with Crippen LogP contribution in [-0.2, 0) is 4.74 Å². The van der Waals surface area contributed by atoms with Gasteiger partial charge in [-0.25, -0.2) is 4.98 Å². The van der Waals surface area contributed by atoms with Gasteiger partial charge in [-0.15, -0.1) is 0 Å². The highest BCUT2D eigenvalue weighted by atomic mass is 16.5. The molecule has 2 N–H and O–H groups in total. The lowest BCUT2D eigenvalue weighted by atomic mass is 10.2. The number of rotatable bonds is 6. The Morgan fingerprint density at radius 1 is 1.19 bits per heavy atom. The predicted octanol–water partition coefficient (Wildman–Crippen LogP) is 1.07. The van der Waals surface area contributed by atoms with E-state index in [4.69, 9.17) is 9.26 Å². The average Bonchev–Trinajstić information content (AvgIpc) is 2.97. The van der Waals surface area contributed by atoms with E-state index in [-0.39, 0.29) is 5.91 Å². The first-order chi connectivity index (χ1) is 12.5. The number of nitrogens with one attached hydrogen (secondary N) is 2. The van der Waals surface area contributed by atoms with Crippen LogP contribution in [0.1, 0.15) is 27.5 Å². The standard InChI is InChI=1S/C17H24N6O3/c1-11-10-14(23-6-8-25-9-7-23)21-17(20-11)19-5-4-18-16(24)15-12(2)22-26-13(15)3/h10H,4-9H2,1-3H3,(H,18,24)(H,19,20,21). The third kappa shape index (κ3) is 4.29. The van der Waals surface area contributed by atoms with Crippen LogP contribution in [-0.4, -0.2) is 60.4 Å². The van der Waals surface area contributed by atoms with Crippen molar-refractivity contribution in [3.05, 3.63) is 28.8 Å². The maximum absolute atomic E-state index is 12.2. The Balaban J connectivity index is 1.53. The first-order valence-electron chi connectivity index (χ1n) is 8.68. The summed E-state index contributed by atoms with van der Waals surface area (Å²) in [6.45, 7) is 9.43. The van der Waals surface area contributed by atoms with Gasteiger partial charge in [0.15, 0.2) is 0 Å². The van der Waals surface area contributed by atoms with Crippen LogP contribution < -0.4 is 15.5 Å². The molecule has 140 valence electrons. The summed E-state index contributed by atoms with van der Waals surface area (Å²) in [4.78, 5) is 23.3. The van der Waals surface area contributed by atoms with E-state index in [1.807, 2.05) is 13.0 Å². The van der Waals surface area contributed by atoms with Crippen molar-refractivity contribution >= 4 is 17.7 Å². The Morgan fingerprint density at radius 2 is 1.96 bits per heavy atom. The van der Waals surface area contributed by atoms with Crippen molar-refractivity contribution in [2.24, 2.45) is 0 Å². The molecule has 0 aromatic carbocycles. The van der Waals surface area contributed by atoms with Gasteiger partial charge in [0.25, 0.3) is 5.91 Å². The number of nitrogens with zero attached hydrogens (tertiary/aromatic N) is 4. The van der Waals surface area contributed by atoms with Crippen LogP contribution in [0, 0.1) is 20.8 Å². The van der Waals surface area contributed by atoms with Crippen molar-refractivity contribution < 1.29 is 14.1 Å². The zero-order valence-electron chi connectivity index (χ0n) is 15.3. The number of morpholine rings is 1. The summed E-state index contributed by atoms with van der Waals surface area (Å²) in [6, 6.07) is 1.97. The molecule has 0 spiro atoms. The molecule has 0 saturated carbocycles. The SMILES string of the molecule is Cc1cc(N2CCOCC2)nc(NCCNC(=O)c2c(C)noc2C)n1. The second-order valence-electron chi connectivity index (χ2n) is 6.17. The molecule has 0 atom stereocenters. The number of aryl methyl sites for hydroxylation is 3. The van der Waals surface area contributed by atoms with Crippen LogP contribution in [0.4, 0.5) is 11.8 Å². The molecule has 3 rings (SSSR count). The van der Waals surface area contributed by atoms with Gasteiger partial charge >= 0.3 is 0 Å². The first-order valence-corrected chi connectivity index (χ1v) is 8.68. The van der Waals surface area contributed by atoms with Gasteiger partial charge in [0.2, 0.25) is 5.95 Å². The summed E-state index contributed by atoms with van der Waals surface area (Å²) in [6.07, 6.45) is 0. The molecule has 1 aliphatic heterocycles.